The summed E-state index contributed by atoms with van der Waals surface area (Å²) in [5.74, 6) is 1.78. The van der Waals surface area contributed by atoms with Gasteiger partial charge in [-0.1, -0.05) is 18.2 Å². The molecule has 2 aromatic heterocycles. The van der Waals surface area contributed by atoms with Crippen molar-refractivity contribution in [2.45, 2.75) is 32.2 Å². The number of aryl methyl sites for hydroxylation is 1. The summed E-state index contributed by atoms with van der Waals surface area (Å²) in [5.41, 5.74) is 2.66. The molecule has 1 atom stereocenters. The Morgan fingerprint density at radius 2 is 1.92 bits per heavy atom. The van der Waals surface area contributed by atoms with Crippen LogP contribution in [0.4, 0.5) is 0 Å². The number of carbonyl (C=O) groups is 1. The first kappa shape index (κ1) is 16.6. The number of piperidine rings is 1. The second kappa shape index (κ2) is 7.16. The number of nitrogens with zero attached hydrogens (tertiary/aromatic N) is 2. The van der Waals surface area contributed by atoms with E-state index < -0.39 is 0 Å². The summed E-state index contributed by atoms with van der Waals surface area (Å²) in [6, 6.07) is 17.5. The summed E-state index contributed by atoms with van der Waals surface area (Å²) in [5, 5.41) is 0. The number of likely N-dealkylation sites (tertiary alicyclic amines) is 1. The first-order chi connectivity index (χ1) is 12.7. The maximum Gasteiger partial charge on any atom is 0.254 e. The fraction of sp³-hybridized carbons (Fsp3) is 0.273. The van der Waals surface area contributed by atoms with E-state index in [1.165, 1.54) is 0 Å². The van der Waals surface area contributed by atoms with Crippen LogP contribution in [-0.2, 0) is 0 Å². The smallest absolute Gasteiger partial charge is 0.254 e. The molecule has 0 bridgehead atoms. The summed E-state index contributed by atoms with van der Waals surface area (Å²) in [7, 11) is 0. The van der Waals surface area contributed by atoms with Crippen molar-refractivity contribution < 1.29 is 9.21 Å². The van der Waals surface area contributed by atoms with E-state index in [4.69, 9.17) is 4.42 Å². The van der Waals surface area contributed by atoms with Crippen LogP contribution in [-0.4, -0.2) is 22.3 Å². The predicted octanol–water partition coefficient (Wildman–Crippen LogP) is 5.02. The Hall–Kier alpha value is -2.88. The van der Waals surface area contributed by atoms with Crippen LogP contribution in [0.2, 0.25) is 0 Å². The van der Waals surface area contributed by atoms with Crippen LogP contribution in [0.15, 0.2) is 65.2 Å². The molecule has 1 aliphatic heterocycles. The van der Waals surface area contributed by atoms with E-state index in [0.29, 0.717) is 5.56 Å². The Bertz CT molecular complexity index is 884. The Morgan fingerprint density at radius 3 is 2.62 bits per heavy atom. The third-order valence-corrected chi connectivity index (χ3v) is 4.95. The van der Waals surface area contributed by atoms with E-state index >= 15 is 0 Å². The summed E-state index contributed by atoms with van der Waals surface area (Å²) in [6.07, 6.45) is 4.93. The topological polar surface area (TPSA) is 46.3 Å². The van der Waals surface area contributed by atoms with Crippen LogP contribution < -0.4 is 0 Å². The van der Waals surface area contributed by atoms with Crippen molar-refractivity contribution in [2.24, 2.45) is 0 Å². The molecule has 0 unspecified atom stereocenters. The van der Waals surface area contributed by atoms with Gasteiger partial charge in [0, 0.05) is 23.9 Å². The molecule has 0 N–H and O–H groups in total. The summed E-state index contributed by atoms with van der Waals surface area (Å²) in [4.78, 5) is 19.6. The first-order valence-electron chi connectivity index (χ1n) is 9.11. The SMILES string of the molecule is Cc1ccc(-c2ccc(C(=O)N3CCCC[C@@H]3c3ccccn3)cc2)o1. The molecule has 3 aromatic rings. The highest BCUT2D eigenvalue weighted by Crippen LogP contribution is 2.31. The fourth-order valence-corrected chi connectivity index (χ4v) is 3.59. The van der Waals surface area contributed by atoms with Crippen molar-refractivity contribution in [2.75, 3.05) is 6.54 Å². The quantitative estimate of drug-likeness (QED) is 0.669. The number of furan rings is 1. The minimum atomic E-state index is 0.0600. The van der Waals surface area contributed by atoms with Crippen LogP contribution in [0.3, 0.4) is 0 Å². The van der Waals surface area contributed by atoms with E-state index in [2.05, 4.69) is 4.98 Å². The Labute approximate surface area is 153 Å². The number of rotatable bonds is 3. The maximum absolute atomic E-state index is 13.1. The molecule has 4 heteroatoms. The Balaban J connectivity index is 1.57. The van der Waals surface area contributed by atoms with Gasteiger partial charge in [-0.2, -0.15) is 0 Å². The lowest BCUT2D eigenvalue weighted by Gasteiger charge is -2.35. The second-order valence-corrected chi connectivity index (χ2v) is 6.75. The predicted molar refractivity (Wildman–Crippen MR) is 101 cm³/mol. The highest BCUT2D eigenvalue weighted by molar-refractivity contribution is 5.95. The van der Waals surface area contributed by atoms with Crippen molar-refractivity contribution >= 4 is 5.91 Å². The van der Waals surface area contributed by atoms with Crippen LogP contribution in [0, 0.1) is 6.92 Å². The average Bonchev–Trinajstić information content (AvgIpc) is 3.14. The van der Waals surface area contributed by atoms with Gasteiger partial charge in [0.1, 0.15) is 11.5 Å². The number of amides is 1. The molecule has 132 valence electrons. The zero-order valence-electron chi connectivity index (χ0n) is 14.9. The maximum atomic E-state index is 13.1. The highest BCUT2D eigenvalue weighted by atomic mass is 16.3. The van der Waals surface area contributed by atoms with Gasteiger partial charge in [-0.05, 0) is 62.6 Å². The van der Waals surface area contributed by atoms with Gasteiger partial charge in [-0.3, -0.25) is 9.78 Å². The number of pyridine rings is 1. The Morgan fingerprint density at radius 1 is 1.08 bits per heavy atom. The zero-order valence-corrected chi connectivity index (χ0v) is 14.9. The van der Waals surface area contributed by atoms with Crippen molar-refractivity contribution in [3.8, 4) is 11.3 Å². The van der Waals surface area contributed by atoms with Crippen molar-refractivity contribution in [3.05, 3.63) is 77.8 Å². The number of carbonyl (C=O) groups excluding carboxylic acids is 1. The molecule has 0 saturated carbocycles. The molecule has 0 aliphatic carbocycles. The molecule has 1 aromatic carbocycles. The molecule has 4 rings (SSSR count). The van der Waals surface area contributed by atoms with Crippen LogP contribution in [0.25, 0.3) is 11.3 Å². The Kier molecular flexibility index (Phi) is 4.57. The van der Waals surface area contributed by atoms with E-state index in [-0.39, 0.29) is 11.9 Å². The van der Waals surface area contributed by atoms with Crippen molar-refractivity contribution in [1.29, 1.82) is 0 Å². The molecular formula is C22H22N2O2. The largest absolute Gasteiger partial charge is 0.461 e. The molecule has 1 saturated heterocycles. The number of benzene rings is 1. The molecule has 3 heterocycles. The summed E-state index contributed by atoms with van der Waals surface area (Å²) in [6.45, 7) is 2.70. The van der Waals surface area contributed by atoms with Gasteiger partial charge < -0.3 is 9.32 Å². The van der Waals surface area contributed by atoms with E-state index in [1.54, 1.807) is 6.20 Å². The first-order valence-corrected chi connectivity index (χ1v) is 9.11. The van der Waals surface area contributed by atoms with Gasteiger partial charge in [-0.25, -0.2) is 0 Å². The van der Waals surface area contributed by atoms with E-state index in [0.717, 1.165) is 48.6 Å². The zero-order chi connectivity index (χ0) is 17.9. The average molecular weight is 346 g/mol. The molecular weight excluding hydrogens is 324 g/mol. The van der Waals surface area contributed by atoms with E-state index in [1.807, 2.05) is 66.4 Å². The molecule has 1 aliphatic rings. The number of hydrogen-bond acceptors (Lipinski definition) is 3. The number of hydrogen-bond donors (Lipinski definition) is 0. The molecule has 0 spiro atoms. The van der Waals surface area contributed by atoms with Gasteiger partial charge >= 0.3 is 0 Å². The minimum Gasteiger partial charge on any atom is -0.461 e. The number of aromatic nitrogens is 1. The normalized spacial score (nSPS) is 17.3. The lowest BCUT2D eigenvalue weighted by Crippen LogP contribution is -2.38. The van der Waals surface area contributed by atoms with Gasteiger partial charge in [-0.15, -0.1) is 0 Å². The highest BCUT2D eigenvalue weighted by Gasteiger charge is 2.29. The van der Waals surface area contributed by atoms with Crippen molar-refractivity contribution in [1.82, 2.24) is 9.88 Å². The van der Waals surface area contributed by atoms with Crippen LogP contribution in [0.5, 0.6) is 0 Å². The second-order valence-electron chi connectivity index (χ2n) is 6.75. The fourth-order valence-electron chi connectivity index (χ4n) is 3.59. The third-order valence-electron chi connectivity index (χ3n) is 4.95. The molecule has 1 amide bonds. The summed E-state index contributed by atoms with van der Waals surface area (Å²) >= 11 is 0. The lowest BCUT2D eigenvalue weighted by molar-refractivity contribution is 0.0606. The van der Waals surface area contributed by atoms with Gasteiger partial charge in [0.25, 0.3) is 5.91 Å². The lowest BCUT2D eigenvalue weighted by atomic mass is 9.97. The van der Waals surface area contributed by atoms with Crippen LogP contribution in [0.1, 0.15) is 47.1 Å². The summed E-state index contributed by atoms with van der Waals surface area (Å²) < 4.78 is 5.66. The monoisotopic (exact) mass is 346 g/mol. The van der Waals surface area contributed by atoms with Crippen LogP contribution >= 0.6 is 0 Å². The van der Waals surface area contributed by atoms with E-state index in [9.17, 15) is 4.79 Å². The molecule has 0 radical (unpaired) electrons. The van der Waals surface area contributed by atoms with Gasteiger partial charge in [0.2, 0.25) is 0 Å². The van der Waals surface area contributed by atoms with Gasteiger partial charge in [0.15, 0.2) is 0 Å². The standard InChI is InChI=1S/C22H22N2O2/c1-16-8-13-21(26-16)17-9-11-18(12-10-17)22(25)24-15-5-3-7-20(24)19-6-2-4-14-23-19/h2,4,6,8-14,20H,3,5,7,15H2,1H3/t20-/m1/s1. The molecule has 4 nitrogen and oxygen atoms in total. The minimum absolute atomic E-state index is 0.0600. The van der Waals surface area contributed by atoms with Gasteiger partial charge in [0.05, 0.1) is 11.7 Å². The van der Waals surface area contributed by atoms with Crippen molar-refractivity contribution in [3.63, 3.8) is 0 Å². The molecule has 1 fully saturated rings. The third kappa shape index (κ3) is 3.27. The molecule has 26 heavy (non-hydrogen) atoms.